The Kier molecular flexibility index (Phi) is 11.7. The van der Waals surface area contributed by atoms with Gasteiger partial charge in [-0.25, -0.2) is 0 Å². The van der Waals surface area contributed by atoms with Gasteiger partial charge in [-0.2, -0.15) is 0 Å². The summed E-state index contributed by atoms with van der Waals surface area (Å²) in [6.45, 7) is 31.3. The number of hydrogen-bond donors (Lipinski definition) is 1. The average Bonchev–Trinajstić information content (AvgIpc) is 3.81. The number of ether oxygens (including phenoxy) is 6. The van der Waals surface area contributed by atoms with Gasteiger partial charge in [-0.1, -0.05) is 83.1 Å². The molecule has 10 atom stereocenters. The third-order valence-corrected chi connectivity index (χ3v) is 11.0. The molecule has 0 radical (unpaired) electrons. The highest BCUT2D eigenvalue weighted by Crippen LogP contribution is 2.49. The second-order valence-corrected chi connectivity index (χ2v) is 18.9. The van der Waals surface area contributed by atoms with Crippen molar-refractivity contribution >= 4 is 0 Å². The number of aliphatic hydroxyl groups excluding tert-OH is 1. The average molecular weight is 625 g/mol. The minimum Gasteiger partial charge on any atom is -0.388 e. The summed E-state index contributed by atoms with van der Waals surface area (Å²) in [6, 6.07) is 0. The monoisotopic (exact) mass is 624 g/mol. The topological polar surface area (TPSA) is 82.2 Å². The quantitative estimate of drug-likeness (QED) is 0.236. The highest BCUT2D eigenvalue weighted by atomic mass is 16.6. The van der Waals surface area contributed by atoms with Gasteiger partial charge in [-0.05, 0) is 71.0 Å². The lowest BCUT2D eigenvalue weighted by Crippen LogP contribution is -2.51. The fourth-order valence-electron chi connectivity index (χ4n) is 7.95. The Morgan fingerprint density at radius 2 is 0.750 bits per heavy atom. The number of rotatable bonds is 12. The van der Waals surface area contributed by atoms with Crippen molar-refractivity contribution in [1.82, 2.24) is 0 Å². The molecular weight excluding hydrogens is 556 g/mol. The molecule has 2 aliphatic carbocycles. The first-order chi connectivity index (χ1) is 20.2. The highest BCUT2D eigenvalue weighted by Gasteiger charge is 2.49. The number of hydrogen-bond acceptors (Lipinski definition) is 7. The van der Waals surface area contributed by atoms with Crippen LogP contribution in [0.4, 0.5) is 0 Å². The SMILES string of the molecule is CC(C)(C)C1CC(OCC2CO2)C(C(C)(C)C)CC1OCC(O)COC1CC(C(C)(C)C)C(OCC2CO2)CC1C(C)(C)C. The van der Waals surface area contributed by atoms with Gasteiger partial charge >= 0.3 is 0 Å². The van der Waals surface area contributed by atoms with Crippen molar-refractivity contribution < 1.29 is 33.5 Å². The van der Waals surface area contributed by atoms with E-state index in [9.17, 15) is 5.11 Å². The third-order valence-electron chi connectivity index (χ3n) is 11.0. The van der Waals surface area contributed by atoms with Gasteiger partial charge in [0.25, 0.3) is 0 Å². The van der Waals surface area contributed by atoms with Gasteiger partial charge in [0.1, 0.15) is 18.3 Å². The maximum atomic E-state index is 11.2. The molecule has 0 spiro atoms. The van der Waals surface area contributed by atoms with E-state index in [1.165, 1.54) is 0 Å². The van der Waals surface area contributed by atoms with Crippen LogP contribution in [0.15, 0.2) is 0 Å². The van der Waals surface area contributed by atoms with E-state index >= 15 is 0 Å². The molecule has 7 nitrogen and oxygen atoms in total. The van der Waals surface area contributed by atoms with Gasteiger partial charge < -0.3 is 33.5 Å². The highest BCUT2D eigenvalue weighted by molar-refractivity contribution is 4.98. The molecule has 4 rings (SSSR count). The van der Waals surface area contributed by atoms with Gasteiger partial charge in [-0.3, -0.25) is 0 Å². The molecule has 2 saturated carbocycles. The van der Waals surface area contributed by atoms with Crippen LogP contribution in [-0.2, 0) is 28.4 Å². The van der Waals surface area contributed by atoms with Crippen molar-refractivity contribution in [3.8, 4) is 0 Å². The second-order valence-electron chi connectivity index (χ2n) is 18.9. The summed E-state index contributed by atoms with van der Waals surface area (Å²) in [6.07, 6.45) is 4.20. The molecule has 2 heterocycles. The third kappa shape index (κ3) is 10.4. The molecule has 2 aliphatic heterocycles. The first-order valence-electron chi connectivity index (χ1n) is 17.6. The largest absolute Gasteiger partial charge is 0.388 e. The summed E-state index contributed by atoms with van der Waals surface area (Å²) in [4.78, 5) is 0. The maximum absolute atomic E-state index is 11.2. The molecule has 2 saturated heterocycles. The summed E-state index contributed by atoms with van der Waals surface area (Å²) < 4.78 is 37.1. The van der Waals surface area contributed by atoms with Gasteiger partial charge in [0.2, 0.25) is 0 Å². The van der Waals surface area contributed by atoms with E-state index < -0.39 is 6.10 Å². The molecular formula is C37H68O7. The first kappa shape index (κ1) is 36.6. The Bertz CT molecular complexity index is 813. The van der Waals surface area contributed by atoms with Crippen LogP contribution in [0.1, 0.15) is 109 Å². The van der Waals surface area contributed by atoms with E-state index in [0.717, 1.165) is 38.9 Å². The molecule has 10 unspecified atom stereocenters. The predicted molar refractivity (Wildman–Crippen MR) is 175 cm³/mol. The van der Waals surface area contributed by atoms with E-state index in [1.54, 1.807) is 0 Å². The van der Waals surface area contributed by atoms with E-state index in [0.29, 0.717) is 36.9 Å². The van der Waals surface area contributed by atoms with Gasteiger partial charge in [0, 0.05) is 0 Å². The van der Waals surface area contributed by atoms with Crippen LogP contribution in [0.25, 0.3) is 0 Å². The van der Waals surface area contributed by atoms with Crippen molar-refractivity contribution in [2.24, 2.45) is 45.3 Å². The van der Waals surface area contributed by atoms with E-state index in [1.807, 2.05) is 0 Å². The lowest BCUT2D eigenvalue weighted by atomic mass is 9.61. The minimum atomic E-state index is -0.667. The normalized spacial score (nSPS) is 37.6. The van der Waals surface area contributed by atoms with Gasteiger partial charge in [0.05, 0.1) is 64.1 Å². The number of epoxide rings is 2. The fourth-order valence-corrected chi connectivity index (χ4v) is 7.95. The van der Waals surface area contributed by atoms with Gasteiger partial charge in [-0.15, -0.1) is 0 Å². The van der Waals surface area contributed by atoms with Crippen LogP contribution in [0.2, 0.25) is 0 Å². The molecule has 1 N–H and O–H groups in total. The zero-order chi connectivity index (χ0) is 32.7. The van der Waals surface area contributed by atoms with Crippen LogP contribution in [0, 0.1) is 45.3 Å². The van der Waals surface area contributed by atoms with Crippen LogP contribution in [0.5, 0.6) is 0 Å². The summed E-state index contributed by atoms with van der Waals surface area (Å²) in [5.41, 5.74) is 0.337. The molecule has 7 heteroatoms. The summed E-state index contributed by atoms with van der Waals surface area (Å²) >= 11 is 0. The second kappa shape index (κ2) is 14.1. The summed E-state index contributed by atoms with van der Waals surface area (Å²) in [5, 5.41) is 11.2. The zero-order valence-corrected chi connectivity index (χ0v) is 30.3. The molecule has 0 amide bonds. The van der Waals surface area contributed by atoms with Crippen molar-refractivity contribution in [2.75, 3.05) is 39.6 Å². The Morgan fingerprint density at radius 3 is 0.977 bits per heavy atom. The van der Waals surface area contributed by atoms with Crippen LogP contribution in [-0.4, -0.2) is 87.5 Å². The van der Waals surface area contributed by atoms with Crippen molar-refractivity contribution in [3.05, 3.63) is 0 Å². The molecule has 0 aromatic rings. The summed E-state index contributed by atoms with van der Waals surface area (Å²) in [5.74, 6) is 1.44. The Labute approximate surface area is 269 Å². The zero-order valence-electron chi connectivity index (χ0n) is 30.3. The van der Waals surface area contributed by atoms with E-state index in [-0.39, 0.29) is 71.5 Å². The minimum absolute atomic E-state index is 0.0703. The lowest BCUT2D eigenvalue weighted by molar-refractivity contribution is -0.166. The molecule has 44 heavy (non-hydrogen) atoms. The standard InChI is InChI=1S/C37H68O7/c1-34(2,3)26-15-32(43-21-24-19-39-24)28(36(7,8)9)13-30(26)41-17-23(38)18-42-31-14-29(37(10,11)12)33(44-22-25-20-40-25)16-27(31)35(4,5)6/h23-33,38H,13-22H2,1-12H3. The predicted octanol–water partition coefficient (Wildman–Crippen LogP) is 6.92. The fraction of sp³-hybridized carbons (Fsp3) is 1.00. The Balaban J connectivity index is 1.37. The lowest BCUT2D eigenvalue weighted by Gasteiger charge is -2.50. The smallest absolute Gasteiger partial charge is 0.104 e. The van der Waals surface area contributed by atoms with Crippen molar-refractivity contribution in [2.45, 2.75) is 151 Å². The molecule has 4 aliphatic rings. The Morgan fingerprint density at radius 1 is 0.500 bits per heavy atom. The Hall–Kier alpha value is -0.280. The van der Waals surface area contributed by atoms with Crippen molar-refractivity contribution in [3.63, 3.8) is 0 Å². The molecule has 4 fully saturated rings. The van der Waals surface area contributed by atoms with Crippen LogP contribution in [0.3, 0.4) is 0 Å². The molecule has 0 aromatic heterocycles. The van der Waals surface area contributed by atoms with Crippen LogP contribution >= 0.6 is 0 Å². The van der Waals surface area contributed by atoms with E-state index in [4.69, 9.17) is 28.4 Å². The van der Waals surface area contributed by atoms with Crippen LogP contribution < -0.4 is 0 Å². The van der Waals surface area contributed by atoms with Crippen molar-refractivity contribution in [1.29, 1.82) is 0 Å². The van der Waals surface area contributed by atoms with E-state index in [2.05, 4.69) is 83.1 Å². The first-order valence-corrected chi connectivity index (χ1v) is 17.6. The number of aliphatic hydroxyl groups is 1. The molecule has 258 valence electrons. The van der Waals surface area contributed by atoms with Gasteiger partial charge in [0.15, 0.2) is 0 Å². The molecule has 0 aromatic carbocycles. The maximum Gasteiger partial charge on any atom is 0.104 e. The molecule has 0 bridgehead atoms. The summed E-state index contributed by atoms with van der Waals surface area (Å²) in [7, 11) is 0.